The van der Waals surface area contributed by atoms with Crippen LogP contribution in [-0.4, -0.2) is 64.0 Å². The lowest BCUT2D eigenvalue weighted by molar-refractivity contribution is -0.143. The lowest BCUT2D eigenvalue weighted by Crippen LogP contribution is -2.45. The fraction of sp³-hybridized carbons (Fsp3) is 0.812. The molecule has 3 rings (SSSR count). The molecule has 1 atom stereocenters. The molecule has 0 aromatic carbocycles. The number of halogens is 4. The number of aryl methyl sites for hydroxylation is 1. The molecule has 1 unspecified atom stereocenters. The molecule has 1 fully saturated rings. The molecule has 1 saturated heterocycles. The second-order valence-corrected chi connectivity index (χ2v) is 6.82. The molecule has 0 bridgehead atoms. The molecular formula is C16H27F3IN7. The lowest BCUT2D eigenvalue weighted by atomic mass is 10.2. The first-order valence-electron chi connectivity index (χ1n) is 9.19. The second kappa shape index (κ2) is 9.89. The summed E-state index contributed by atoms with van der Waals surface area (Å²) in [5, 5.41) is 14.9. The molecule has 0 amide bonds. The average molecular weight is 501 g/mol. The zero-order valence-electron chi connectivity index (χ0n) is 15.4. The van der Waals surface area contributed by atoms with Crippen LogP contribution in [0.1, 0.15) is 37.8 Å². The van der Waals surface area contributed by atoms with Crippen LogP contribution in [0.2, 0.25) is 0 Å². The highest BCUT2D eigenvalue weighted by Gasteiger charge is 2.34. The maximum atomic E-state index is 12.5. The molecule has 2 aliphatic heterocycles. The van der Waals surface area contributed by atoms with Gasteiger partial charge in [0.15, 0.2) is 11.8 Å². The summed E-state index contributed by atoms with van der Waals surface area (Å²) in [4.78, 5) is 5.98. The topological polar surface area (TPSA) is 70.4 Å². The summed E-state index contributed by atoms with van der Waals surface area (Å²) in [6.45, 7) is 3.92. The highest BCUT2D eigenvalue weighted by Crippen LogP contribution is 2.20. The number of guanidine groups is 1. The van der Waals surface area contributed by atoms with Gasteiger partial charge in [-0.05, 0) is 26.2 Å². The van der Waals surface area contributed by atoms with Crippen LogP contribution in [-0.2, 0) is 19.5 Å². The van der Waals surface area contributed by atoms with Crippen molar-refractivity contribution >= 4 is 29.9 Å². The summed E-state index contributed by atoms with van der Waals surface area (Å²) in [6.07, 6.45) is -0.272. The Hall–Kier alpha value is -1.11. The van der Waals surface area contributed by atoms with Crippen LogP contribution < -0.4 is 10.6 Å². The van der Waals surface area contributed by atoms with Gasteiger partial charge in [-0.2, -0.15) is 13.2 Å². The Morgan fingerprint density at radius 3 is 2.81 bits per heavy atom. The first-order valence-corrected chi connectivity index (χ1v) is 9.19. The third kappa shape index (κ3) is 6.47. The molecule has 0 spiro atoms. The molecule has 11 heteroatoms. The Morgan fingerprint density at radius 2 is 2.07 bits per heavy atom. The van der Waals surface area contributed by atoms with E-state index in [9.17, 15) is 13.2 Å². The van der Waals surface area contributed by atoms with Crippen LogP contribution in [0.5, 0.6) is 0 Å². The van der Waals surface area contributed by atoms with Crippen LogP contribution in [0.15, 0.2) is 4.99 Å². The monoisotopic (exact) mass is 501 g/mol. The van der Waals surface area contributed by atoms with Crippen LogP contribution in [0.4, 0.5) is 13.2 Å². The molecule has 7 nitrogen and oxygen atoms in total. The number of aliphatic imine (C=N–C) groups is 1. The smallest absolute Gasteiger partial charge is 0.357 e. The minimum absolute atomic E-state index is 0. The molecular weight excluding hydrogens is 474 g/mol. The van der Waals surface area contributed by atoms with Gasteiger partial charge in [-0.15, -0.1) is 34.2 Å². The zero-order chi connectivity index (χ0) is 18.6. The van der Waals surface area contributed by atoms with Gasteiger partial charge in [0.2, 0.25) is 0 Å². The third-order valence-corrected chi connectivity index (χ3v) is 4.68. The molecule has 1 aromatic rings. The summed E-state index contributed by atoms with van der Waals surface area (Å²) in [6, 6.07) is -0.0394. The van der Waals surface area contributed by atoms with Gasteiger partial charge in [0.05, 0.1) is 6.54 Å². The van der Waals surface area contributed by atoms with Gasteiger partial charge in [0.1, 0.15) is 12.4 Å². The van der Waals surface area contributed by atoms with E-state index in [4.69, 9.17) is 0 Å². The van der Waals surface area contributed by atoms with E-state index in [1.807, 2.05) is 6.92 Å². The number of alkyl halides is 3. The van der Waals surface area contributed by atoms with Gasteiger partial charge < -0.3 is 15.2 Å². The first-order chi connectivity index (χ1) is 12.4. The van der Waals surface area contributed by atoms with Crippen molar-refractivity contribution in [1.29, 1.82) is 0 Å². The van der Waals surface area contributed by atoms with E-state index < -0.39 is 12.7 Å². The molecule has 0 saturated carbocycles. The molecule has 2 N–H and O–H groups in total. The predicted octanol–water partition coefficient (Wildman–Crippen LogP) is 1.92. The number of fused-ring (bicyclic) bond motifs is 1. The molecule has 27 heavy (non-hydrogen) atoms. The highest BCUT2D eigenvalue weighted by molar-refractivity contribution is 14.0. The Balaban J connectivity index is 0.00000261. The number of nitrogens with one attached hydrogen (secondary N) is 2. The molecule has 154 valence electrons. The second-order valence-electron chi connectivity index (χ2n) is 6.82. The van der Waals surface area contributed by atoms with Crippen molar-refractivity contribution in [1.82, 2.24) is 30.3 Å². The van der Waals surface area contributed by atoms with E-state index in [0.717, 1.165) is 37.5 Å². The highest BCUT2D eigenvalue weighted by atomic mass is 127. The quantitative estimate of drug-likeness (QED) is 0.367. The Labute approximate surface area is 174 Å². The van der Waals surface area contributed by atoms with Gasteiger partial charge in [-0.3, -0.25) is 4.90 Å². The summed E-state index contributed by atoms with van der Waals surface area (Å²) in [7, 11) is 0. The van der Waals surface area contributed by atoms with Crippen molar-refractivity contribution in [2.75, 3.05) is 26.2 Å². The number of nitrogens with zero attached hydrogens (tertiary/aromatic N) is 5. The molecule has 0 aliphatic carbocycles. The largest absolute Gasteiger partial charge is 0.401 e. The Bertz CT molecular complexity index is 632. The summed E-state index contributed by atoms with van der Waals surface area (Å²) in [5.74, 6) is 2.46. The van der Waals surface area contributed by atoms with E-state index in [-0.39, 0.29) is 30.0 Å². The lowest BCUT2D eigenvalue weighted by Gasteiger charge is -2.20. The maximum Gasteiger partial charge on any atom is 0.401 e. The van der Waals surface area contributed by atoms with Gasteiger partial charge in [-0.1, -0.05) is 0 Å². The molecule has 3 heterocycles. The minimum atomic E-state index is -4.15. The van der Waals surface area contributed by atoms with Gasteiger partial charge in [0.25, 0.3) is 0 Å². The number of hydrogen-bond donors (Lipinski definition) is 2. The van der Waals surface area contributed by atoms with Gasteiger partial charge in [-0.25, -0.2) is 4.99 Å². The fourth-order valence-electron chi connectivity index (χ4n) is 3.50. The SMILES string of the molecule is CCNC(=NCc1nnc2n1CCCC2)NC1CCN(CC(F)(F)F)C1.I. The average Bonchev–Trinajstić information content (AvgIpc) is 3.18. The summed E-state index contributed by atoms with van der Waals surface area (Å²) in [5.41, 5.74) is 0. The summed E-state index contributed by atoms with van der Waals surface area (Å²) < 4.78 is 39.7. The van der Waals surface area contributed by atoms with Crippen molar-refractivity contribution in [3.8, 4) is 0 Å². The standard InChI is InChI=1S/C16H26F3N7.HI/c1-2-20-15(22-12-6-8-25(10-12)11-16(17,18)19)21-9-14-24-23-13-5-3-4-7-26(13)14;/h12H,2-11H2,1H3,(H2,20,21,22);1H. The van der Waals surface area contributed by atoms with Crippen LogP contribution in [0.25, 0.3) is 0 Å². The Morgan fingerprint density at radius 1 is 1.26 bits per heavy atom. The van der Waals surface area contributed by atoms with Crippen molar-refractivity contribution in [2.45, 2.75) is 57.9 Å². The van der Waals surface area contributed by atoms with E-state index in [1.54, 1.807) is 0 Å². The van der Waals surface area contributed by atoms with Crippen molar-refractivity contribution < 1.29 is 13.2 Å². The molecule has 2 aliphatic rings. The van der Waals surface area contributed by atoms with E-state index in [0.29, 0.717) is 38.6 Å². The van der Waals surface area contributed by atoms with Gasteiger partial charge in [0, 0.05) is 38.6 Å². The Kier molecular flexibility index (Phi) is 8.13. The van der Waals surface area contributed by atoms with Gasteiger partial charge >= 0.3 is 6.18 Å². The predicted molar refractivity (Wildman–Crippen MR) is 107 cm³/mol. The van der Waals surface area contributed by atoms with Crippen molar-refractivity contribution in [3.63, 3.8) is 0 Å². The molecule has 0 radical (unpaired) electrons. The minimum Gasteiger partial charge on any atom is -0.357 e. The van der Waals surface area contributed by atoms with Crippen molar-refractivity contribution in [2.24, 2.45) is 4.99 Å². The number of rotatable bonds is 5. The number of likely N-dealkylation sites (tertiary alicyclic amines) is 1. The van der Waals surface area contributed by atoms with Crippen LogP contribution in [0.3, 0.4) is 0 Å². The normalized spacial score (nSPS) is 20.9. The van der Waals surface area contributed by atoms with Crippen LogP contribution in [0, 0.1) is 0 Å². The van der Waals surface area contributed by atoms with E-state index in [1.165, 1.54) is 4.90 Å². The zero-order valence-corrected chi connectivity index (χ0v) is 17.8. The summed E-state index contributed by atoms with van der Waals surface area (Å²) >= 11 is 0. The van der Waals surface area contributed by atoms with Crippen LogP contribution >= 0.6 is 24.0 Å². The number of hydrogen-bond acceptors (Lipinski definition) is 4. The first kappa shape index (κ1) is 22.2. The number of aromatic nitrogens is 3. The van der Waals surface area contributed by atoms with E-state index in [2.05, 4.69) is 30.4 Å². The fourth-order valence-corrected chi connectivity index (χ4v) is 3.50. The van der Waals surface area contributed by atoms with Crippen molar-refractivity contribution in [3.05, 3.63) is 11.6 Å². The maximum absolute atomic E-state index is 12.5. The molecule has 1 aromatic heterocycles. The van der Waals surface area contributed by atoms with E-state index >= 15 is 0 Å². The third-order valence-electron chi connectivity index (χ3n) is 4.68.